The average molecular weight is 343 g/mol. The van der Waals surface area contributed by atoms with Crippen molar-refractivity contribution in [3.8, 4) is 5.75 Å². The molecule has 0 aliphatic carbocycles. The molecule has 5 nitrogen and oxygen atoms in total. The summed E-state index contributed by atoms with van der Waals surface area (Å²) in [6.07, 6.45) is -0.965. The Morgan fingerprint density at radius 3 is 3.05 bits per heavy atom. The third kappa shape index (κ3) is 4.19. The molecule has 0 aromatic heterocycles. The van der Waals surface area contributed by atoms with Crippen LogP contribution in [0.5, 0.6) is 5.75 Å². The first kappa shape index (κ1) is 15.3. The normalized spacial score (nSPS) is 23.4. The molecule has 0 saturated carbocycles. The fraction of sp³-hybridized carbons (Fsp3) is 0.500. The highest BCUT2D eigenvalue weighted by Crippen LogP contribution is 2.18. The second-order valence-corrected chi connectivity index (χ2v) is 5.86. The maximum Gasteiger partial charge on any atom is 0.260 e. The fourth-order valence-electron chi connectivity index (χ4n) is 2.10. The fourth-order valence-corrected chi connectivity index (χ4v) is 2.48. The lowest BCUT2D eigenvalue weighted by atomic mass is 10.1. The van der Waals surface area contributed by atoms with Crippen molar-refractivity contribution in [2.24, 2.45) is 5.92 Å². The zero-order valence-electron chi connectivity index (χ0n) is 11.3. The van der Waals surface area contributed by atoms with E-state index in [4.69, 9.17) is 4.74 Å². The number of hydrogen-bond donors (Lipinski definition) is 3. The highest BCUT2D eigenvalue weighted by Gasteiger charge is 2.26. The van der Waals surface area contributed by atoms with E-state index >= 15 is 0 Å². The van der Waals surface area contributed by atoms with E-state index in [2.05, 4.69) is 26.6 Å². The zero-order valence-corrected chi connectivity index (χ0v) is 12.9. The van der Waals surface area contributed by atoms with Gasteiger partial charge < -0.3 is 20.5 Å². The van der Waals surface area contributed by atoms with E-state index in [0.29, 0.717) is 18.8 Å². The van der Waals surface area contributed by atoms with Gasteiger partial charge in [-0.1, -0.05) is 22.0 Å². The van der Waals surface area contributed by atoms with Gasteiger partial charge in [0.15, 0.2) is 6.10 Å². The SMILES string of the molecule is CC(Oc1cccc(Br)c1)C(=O)NCC1CNCC1O. The molecule has 3 atom stereocenters. The summed E-state index contributed by atoms with van der Waals surface area (Å²) in [5.74, 6) is 0.533. The molecule has 20 heavy (non-hydrogen) atoms. The Morgan fingerprint density at radius 2 is 2.40 bits per heavy atom. The monoisotopic (exact) mass is 342 g/mol. The molecular weight excluding hydrogens is 324 g/mol. The lowest BCUT2D eigenvalue weighted by molar-refractivity contribution is -0.127. The minimum absolute atomic E-state index is 0.0667. The van der Waals surface area contributed by atoms with Crippen LogP contribution in [-0.4, -0.2) is 42.9 Å². The number of β-amino-alcohol motifs (C(OH)–C–C–N with tert-alkyl or cyclic N) is 1. The summed E-state index contributed by atoms with van der Waals surface area (Å²) >= 11 is 3.36. The Bertz CT molecular complexity index is 469. The molecule has 3 N–H and O–H groups in total. The van der Waals surface area contributed by atoms with Crippen molar-refractivity contribution < 1.29 is 14.6 Å². The highest BCUT2D eigenvalue weighted by atomic mass is 79.9. The maximum absolute atomic E-state index is 11.9. The summed E-state index contributed by atoms with van der Waals surface area (Å²) in [6, 6.07) is 7.37. The van der Waals surface area contributed by atoms with E-state index in [0.717, 1.165) is 11.0 Å². The van der Waals surface area contributed by atoms with Crippen LogP contribution >= 0.6 is 15.9 Å². The van der Waals surface area contributed by atoms with E-state index in [9.17, 15) is 9.90 Å². The van der Waals surface area contributed by atoms with Crippen LogP contribution in [0.3, 0.4) is 0 Å². The van der Waals surface area contributed by atoms with Gasteiger partial charge in [-0.2, -0.15) is 0 Å². The summed E-state index contributed by atoms with van der Waals surface area (Å²) in [7, 11) is 0. The Hall–Kier alpha value is -1.11. The van der Waals surface area contributed by atoms with E-state index < -0.39 is 12.2 Å². The van der Waals surface area contributed by atoms with Crippen LogP contribution in [0.4, 0.5) is 0 Å². The van der Waals surface area contributed by atoms with Gasteiger partial charge in [0.1, 0.15) is 5.75 Å². The van der Waals surface area contributed by atoms with Crippen molar-refractivity contribution in [3.63, 3.8) is 0 Å². The van der Waals surface area contributed by atoms with Crippen LogP contribution in [0.1, 0.15) is 6.92 Å². The van der Waals surface area contributed by atoms with E-state index in [1.54, 1.807) is 13.0 Å². The number of rotatable bonds is 5. The Kier molecular flexibility index (Phi) is 5.39. The molecule has 1 aromatic carbocycles. The molecule has 1 heterocycles. The summed E-state index contributed by atoms with van der Waals surface area (Å²) < 4.78 is 6.48. The number of nitrogens with one attached hydrogen (secondary N) is 2. The van der Waals surface area contributed by atoms with Gasteiger partial charge in [-0.15, -0.1) is 0 Å². The highest BCUT2D eigenvalue weighted by molar-refractivity contribution is 9.10. The second kappa shape index (κ2) is 7.06. The zero-order chi connectivity index (χ0) is 14.5. The standard InChI is InChI=1S/C14H19BrN2O3/c1-9(20-12-4-2-3-11(15)5-12)14(19)17-7-10-6-16-8-13(10)18/h2-5,9-10,13,16,18H,6-8H2,1H3,(H,17,19). The summed E-state index contributed by atoms with van der Waals surface area (Å²) in [4.78, 5) is 11.9. The number of carbonyl (C=O) groups is 1. The number of benzene rings is 1. The van der Waals surface area contributed by atoms with E-state index in [-0.39, 0.29) is 11.8 Å². The number of carbonyl (C=O) groups excluding carboxylic acids is 1. The van der Waals surface area contributed by atoms with E-state index in [1.807, 2.05) is 18.2 Å². The minimum Gasteiger partial charge on any atom is -0.481 e. The van der Waals surface area contributed by atoms with Gasteiger partial charge >= 0.3 is 0 Å². The molecule has 1 aromatic rings. The molecule has 1 fully saturated rings. The number of ether oxygens (including phenoxy) is 1. The molecule has 2 rings (SSSR count). The van der Waals surface area contributed by atoms with Gasteiger partial charge in [0.05, 0.1) is 6.10 Å². The third-order valence-electron chi connectivity index (χ3n) is 3.32. The smallest absolute Gasteiger partial charge is 0.260 e. The largest absolute Gasteiger partial charge is 0.481 e. The van der Waals surface area contributed by atoms with Crippen LogP contribution in [0.15, 0.2) is 28.7 Å². The molecule has 3 unspecified atom stereocenters. The Labute approximate surface area is 126 Å². The van der Waals surface area contributed by atoms with Crippen LogP contribution < -0.4 is 15.4 Å². The lowest BCUT2D eigenvalue weighted by Crippen LogP contribution is -2.41. The molecule has 1 aliphatic heterocycles. The number of halogens is 1. The van der Waals surface area contributed by atoms with Crippen molar-refractivity contribution >= 4 is 21.8 Å². The Morgan fingerprint density at radius 1 is 1.60 bits per heavy atom. The maximum atomic E-state index is 11.9. The predicted octanol–water partition coefficient (Wildman–Crippen LogP) is 0.913. The summed E-state index contributed by atoms with van der Waals surface area (Å²) in [5.41, 5.74) is 0. The third-order valence-corrected chi connectivity index (χ3v) is 3.81. The van der Waals surface area contributed by atoms with Gasteiger partial charge in [-0.3, -0.25) is 4.79 Å². The van der Waals surface area contributed by atoms with Crippen molar-refractivity contribution in [2.75, 3.05) is 19.6 Å². The van der Waals surface area contributed by atoms with Crippen LogP contribution in [0.2, 0.25) is 0 Å². The lowest BCUT2D eigenvalue weighted by Gasteiger charge is -2.18. The number of aliphatic hydroxyl groups excluding tert-OH is 1. The van der Waals surface area contributed by atoms with Crippen molar-refractivity contribution in [2.45, 2.75) is 19.1 Å². The average Bonchev–Trinajstić information content (AvgIpc) is 2.81. The summed E-state index contributed by atoms with van der Waals surface area (Å²) in [6.45, 7) is 3.48. The molecule has 0 spiro atoms. The number of aliphatic hydroxyl groups is 1. The molecule has 6 heteroatoms. The van der Waals surface area contributed by atoms with Crippen molar-refractivity contribution in [3.05, 3.63) is 28.7 Å². The minimum atomic E-state index is -0.573. The predicted molar refractivity (Wildman–Crippen MR) is 79.6 cm³/mol. The van der Waals surface area contributed by atoms with Gasteiger partial charge in [-0.25, -0.2) is 0 Å². The van der Waals surface area contributed by atoms with Gasteiger partial charge in [0.2, 0.25) is 0 Å². The topological polar surface area (TPSA) is 70.6 Å². The Balaban J connectivity index is 1.80. The van der Waals surface area contributed by atoms with Crippen LogP contribution in [0, 0.1) is 5.92 Å². The van der Waals surface area contributed by atoms with Gasteiger partial charge in [0.25, 0.3) is 5.91 Å². The summed E-state index contributed by atoms with van der Waals surface area (Å²) in [5, 5.41) is 15.6. The number of hydrogen-bond acceptors (Lipinski definition) is 4. The van der Waals surface area contributed by atoms with E-state index in [1.165, 1.54) is 0 Å². The van der Waals surface area contributed by atoms with Gasteiger partial charge in [0, 0.05) is 30.0 Å². The molecule has 1 saturated heterocycles. The number of amides is 1. The quantitative estimate of drug-likeness (QED) is 0.743. The molecule has 0 bridgehead atoms. The molecule has 1 amide bonds. The molecule has 110 valence electrons. The van der Waals surface area contributed by atoms with Crippen LogP contribution in [-0.2, 0) is 4.79 Å². The van der Waals surface area contributed by atoms with Crippen molar-refractivity contribution in [1.29, 1.82) is 0 Å². The molecular formula is C14H19BrN2O3. The first-order valence-electron chi connectivity index (χ1n) is 6.65. The first-order chi connectivity index (χ1) is 9.56. The molecule has 1 aliphatic rings. The van der Waals surface area contributed by atoms with Crippen molar-refractivity contribution in [1.82, 2.24) is 10.6 Å². The molecule has 0 radical (unpaired) electrons. The second-order valence-electron chi connectivity index (χ2n) is 4.95. The van der Waals surface area contributed by atoms with Crippen LogP contribution in [0.25, 0.3) is 0 Å². The first-order valence-corrected chi connectivity index (χ1v) is 7.44. The van der Waals surface area contributed by atoms with Gasteiger partial charge in [-0.05, 0) is 25.1 Å².